The van der Waals surface area contributed by atoms with Crippen molar-refractivity contribution in [1.29, 1.82) is 0 Å². The Balaban J connectivity index is 2.19. The summed E-state index contributed by atoms with van der Waals surface area (Å²) in [6.07, 6.45) is 1.61. The first-order valence-electron chi connectivity index (χ1n) is 6.64. The van der Waals surface area contributed by atoms with Gasteiger partial charge < -0.3 is 9.80 Å². The minimum atomic E-state index is -3.66. The van der Waals surface area contributed by atoms with Crippen LogP contribution < -0.4 is 10.0 Å². The van der Waals surface area contributed by atoms with E-state index >= 15 is 0 Å². The Bertz CT molecular complexity index is 561. The molecule has 0 bridgehead atoms. The fraction of sp³-hybridized carbons (Fsp3) is 0.615. The molecule has 0 aliphatic carbocycles. The number of pyridine rings is 1. The highest BCUT2D eigenvalue weighted by Crippen LogP contribution is 2.28. The average Bonchev–Trinajstić information content (AvgIpc) is 2.38. The number of rotatable bonds is 3. The number of likely N-dealkylation sites (N-methyl/N-ethyl adjacent to an activating group) is 1. The minimum Gasteiger partial charge on any atom is -0.354 e. The molecule has 0 unspecified atom stereocenters. The van der Waals surface area contributed by atoms with Gasteiger partial charge in [-0.05, 0) is 32.5 Å². The molecule has 2 N–H and O–H groups in total. The second-order valence-corrected chi connectivity index (χ2v) is 7.86. The van der Waals surface area contributed by atoms with Gasteiger partial charge in [0.2, 0.25) is 10.0 Å². The molecule has 0 saturated carbocycles. The first kappa shape index (κ1) is 15.2. The quantitative estimate of drug-likeness (QED) is 0.871. The molecule has 112 valence electrons. The van der Waals surface area contributed by atoms with Gasteiger partial charge in [0.1, 0.15) is 10.6 Å². The topological polar surface area (TPSA) is 79.5 Å². The lowest BCUT2D eigenvalue weighted by molar-refractivity contribution is 0.312. The van der Waals surface area contributed by atoms with Crippen molar-refractivity contribution >= 4 is 15.8 Å². The van der Waals surface area contributed by atoms with Crippen LogP contribution >= 0.6 is 0 Å². The minimum absolute atomic E-state index is 0.609. The van der Waals surface area contributed by atoms with E-state index in [9.17, 15) is 8.42 Å². The molecule has 2 rings (SSSR count). The summed E-state index contributed by atoms with van der Waals surface area (Å²) in [5, 5.41) is 5.27. The van der Waals surface area contributed by atoms with Gasteiger partial charge in [-0.15, -0.1) is 0 Å². The summed E-state index contributed by atoms with van der Waals surface area (Å²) in [6, 6.07) is 3.67. The van der Waals surface area contributed by atoms with E-state index in [1.807, 2.05) is 6.07 Å². The maximum absolute atomic E-state index is 11.6. The smallest absolute Gasteiger partial charge is 0.218 e. The van der Waals surface area contributed by atoms with E-state index in [1.54, 1.807) is 26.1 Å². The summed E-state index contributed by atoms with van der Waals surface area (Å²) >= 11 is 0. The maximum Gasteiger partial charge on any atom is 0.218 e. The van der Waals surface area contributed by atoms with Crippen LogP contribution in [-0.2, 0) is 14.8 Å². The third-order valence-electron chi connectivity index (χ3n) is 3.98. The van der Waals surface area contributed by atoms with Crippen molar-refractivity contribution < 1.29 is 8.42 Å². The van der Waals surface area contributed by atoms with Gasteiger partial charge in [0.25, 0.3) is 0 Å². The van der Waals surface area contributed by atoms with Gasteiger partial charge in [0.05, 0.1) is 0 Å². The number of piperazine rings is 1. The number of sulfonamides is 1. The van der Waals surface area contributed by atoms with E-state index in [1.165, 1.54) is 0 Å². The average molecular weight is 298 g/mol. The Hall–Kier alpha value is -1.18. The summed E-state index contributed by atoms with van der Waals surface area (Å²) in [7, 11) is -1.56. The highest BCUT2D eigenvalue weighted by molar-refractivity contribution is 7.90. The van der Waals surface area contributed by atoms with Crippen molar-refractivity contribution in [3.05, 3.63) is 23.9 Å². The van der Waals surface area contributed by atoms with Crippen molar-refractivity contribution in [1.82, 2.24) is 9.88 Å². The standard InChI is InChI=1S/C13H22N4O2S/c1-13(2,20(14,18)19)11-4-5-12(15-10-11)17-8-6-16(3)7-9-17/h4-5,10H,6-9H2,1-3H3,(H2,14,18,19). The van der Waals surface area contributed by atoms with E-state index < -0.39 is 14.8 Å². The molecule has 0 aromatic carbocycles. The maximum atomic E-state index is 11.6. The SMILES string of the molecule is CN1CCN(c2ccc(C(C)(C)S(N)(=O)=O)cn2)CC1. The second kappa shape index (κ2) is 5.31. The Morgan fingerprint density at radius 2 is 1.80 bits per heavy atom. The molecule has 0 amide bonds. The largest absolute Gasteiger partial charge is 0.354 e. The van der Waals surface area contributed by atoms with E-state index in [0.717, 1.165) is 32.0 Å². The van der Waals surface area contributed by atoms with Crippen LogP contribution in [0.3, 0.4) is 0 Å². The normalized spacial score (nSPS) is 18.3. The predicted octanol–water partition coefficient (Wildman–Crippen LogP) is 0.357. The number of hydrogen-bond donors (Lipinski definition) is 1. The molecule has 0 radical (unpaired) electrons. The highest BCUT2D eigenvalue weighted by Gasteiger charge is 2.33. The molecule has 7 heteroatoms. The summed E-state index contributed by atoms with van der Waals surface area (Å²) in [5.74, 6) is 0.882. The molecule has 1 saturated heterocycles. The second-order valence-electron chi connectivity index (χ2n) is 5.75. The van der Waals surface area contributed by atoms with Gasteiger partial charge >= 0.3 is 0 Å². The third kappa shape index (κ3) is 2.94. The lowest BCUT2D eigenvalue weighted by Crippen LogP contribution is -2.44. The fourth-order valence-corrected chi connectivity index (χ4v) is 2.58. The lowest BCUT2D eigenvalue weighted by Gasteiger charge is -2.33. The molecular weight excluding hydrogens is 276 g/mol. The van der Waals surface area contributed by atoms with Gasteiger partial charge in [-0.25, -0.2) is 18.5 Å². The lowest BCUT2D eigenvalue weighted by atomic mass is 10.0. The Morgan fingerprint density at radius 3 is 2.25 bits per heavy atom. The molecule has 1 aliphatic heterocycles. The van der Waals surface area contributed by atoms with Crippen LogP contribution in [0.4, 0.5) is 5.82 Å². The van der Waals surface area contributed by atoms with Crippen LogP contribution in [0.5, 0.6) is 0 Å². The molecule has 1 fully saturated rings. The molecule has 0 spiro atoms. The predicted molar refractivity (Wildman–Crippen MR) is 80.1 cm³/mol. The Morgan fingerprint density at radius 1 is 1.20 bits per heavy atom. The zero-order valence-electron chi connectivity index (χ0n) is 12.2. The molecule has 1 aromatic heterocycles. The number of hydrogen-bond acceptors (Lipinski definition) is 5. The Kier molecular flexibility index (Phi) is 4.04. The van der Waals surface area contributed by atoms with E-state index in [2.05, 4.69) is 21.8 Å². The zero-order chi connectivity index (χ0) is 15.0. The third-order valence-corrected chi connectivity index (χ3v) is 5.64. The molecular formula is C13H22N4O2S. The Labute approximate surface area is 120 Å². The van der Waals surface area contributed by atoms with E-state index in [4.69, 9.17) is 5.14 Å². The molecule has 1 aromatic rings. The molecule has 0 atom stereocenters. The van der Waals surface area contributed by atoms with E-state index in [0.29, 0.717) is 5.56 Å². The van der Waals surface area contributed by atoms with E-state index in [-0.39, 0.29) is 0 Å². The van der Waals surface area contributed by atoms with Crippen LogP contribution in [0.1, 0.15) is 19.4 Å². The van der Waals surface area contributed by atoms with Crippen LogP contribution in [0, 0.1) is 0 Å². The van der Waals surface area contributed by atoms with Crippen LogP contribution in [0.2, 0.25) is 0 Å². The van der Waals surface area contributed by atoms with Crippen LogP contribution in [0.15, 0.2) is 18.3 Å². The van der Waals surface area contributed by atoms with Crippen molar-refractivity contribution in [2.24, 2.45) is 5.14 Å². The number of aromatic nitrogens is 1. The molecule has 1 aliphatic rings. The van der Waals surface area contributed by atoms with Gasteiger partial charge in [-0.1, -0.05) is 6.07 Å². The summed E-state index contributed by atoms with van der Waals surface area (Å²) in [6.45, 7) is 7.06. The summed E-state index contributed by atoms with van der Waals surface area (Å²) in [5.41, 5.74) is 0.609. The summed E-state index contributed by atoms with van der Waals surface area (Å²) < 4.78 is 22.1. The van der Waals surface area contributed by atoms with Gasteiger partial charge in [0, 0.05) is 32.4 Å². The van der Waals surface area contributed by atoms with Crippen LogP contribution in [0.25, 0.3) is 0 Å². The van der Waals surface area contributed by atoms with Crippen molar-refractivity contribution in [3.8, 4) is 0 Å². The first-order chi connectivity index (χ1) is 9.22. The number of nitrogens with two attached hydrogens (primary N) is 1. The number of anilines is 1. The van der Waals surface area contributed by atoms with Crippen LogP contribution in [-0.4, -0.2) is 51.5 Å². The highest BCUT2D eigenvalue weighted by atomic mass is 32.2. The molecule has 2 heterocycles. The number of nitrogens with zero attached hydrogens (tertiary/aromatic N) is 3. The van der Waals surface area contributed by atoms with Crippen molar-refractivity contribution in [2.75, 3.05) is 38.1 Å². The van der Waals surface area contributed by atoms with Crippen molar-refractivity contribution in [2.45, 2.75) is 18.6 Å². The zero-order valence-corrected chi connectivity index (χ0v) is 13.0. The molecule has 20 heavy (non-hydrogen) atoms. The fourth-order valence-electron chi connectivity index (χ4n) is 2.13. The monoisotopic (exact) mass is 298 g/mol. The first-order valence-corrected chi connectivity index (χ1v) is 8.19. The van der Waals surface area contributed by atoms with Gasteiger partial charge in [-0.3, -0.25) is 0 Å². The molecule has 6 nitrogen and oxygen atoms in total. The van der Waals surface area contributed by atoms with Gasteiger partial charge in [0.15, 0.2) is 0 Å². The van der Waals surface area contributed by atoms with Gasteiger partial charge in [-0.2, -0.15) is 0 Å². The van der Waals surface area contributed by atoms with Crippen molar-refractivity contribution in [3.63, 3.8) is 0 Å². The number of primary sulfonamides is 1. The summed E-state index contributed by atoms with van der Waals surface area (Å²) in [4.78, 5) is 8.87.